The first-order chi connectivity index (χ1) is 13.1. The number of ether oxygens (including phenoxy) is 1. The fourth-order valence-electron chi connectivity index (χ4n) is 3.09. The monoisotopic (exact) mass is 382 g/mol. The molecule has 1 aromatic carbocycles. The number of carboxylic acids is 1. The van der Waals surface area contributed by atoms with E-state index in [2.05, 4.69) is 4.98 Å². The number of aromatic carboxylic acids is 1. The Balaban J connectivity index is 1.89. The third-order valence-electron chi connectivity index (χ3n) is 4.34. The van der Waals surface area contributed by atoms with Crippen molar-refractivity contribution in [3.05, 3.63) is 70.4 Å². The minimum absolute atomic E-state index is 0.0195. The van der Waals surface area contributed by atoms with Crippen molar-refractivity contribution in [2.75, 3.05) is 7.11 Å². The molecule has 3 heterocycles. The van der Waals surface area contributed by atoms with Crippen molar-refractivity contribution in [3.8, 4) is 17.0 Å². The zero-order valence-corrected chi connectivity index (χ0v) is 15.2. The van der Waals surface area contributed by atoms with Crippen LogP contribution in [-0.2, 0) is 6.54 Å². The molecule has 0 bridgehead atoms. The van der Waals surface area contributed by atoms with Crippen LogP contribution in [0.25, 0.3) is 22.2 Å². The lowest BCUT2D eigenvalue weighted by molar-refractivity contribution is 0.0690. The van der Waals surface area contributed by atoms with Crippen LogP contribution in [0.1, 0.15) is 16.2 Å². The van der Waals surface area contributed by atoms with Crippen LogP contribution in [0.2, 0.25) is 0 Å². The molecule has 3 aromatic heterocycles. The number of benzene rings is 1. The number of halogens is 1. The van der Waals surface area contributed by atoms with Gasteiger partial charge in [-0.3, -0.25) is 0 Å². The number of nitrogens with zero attached hydrogens (tertiary/aromatic N) is 2. The summed E-state index contributed by atoms with van der Waals surface area (Å²) < 4.78 is 21.4. The summed E-state index contributed by atoms with van der Waals surface area (Å²) in [6.45, 7) is 0.321. The molecule has 0 fully saturated rings. The van der Waals surface area contributed by atoms with Crippen molar-refractivity contribution in [3.63, 3.8) is 0 Å². The molecule has 136 valence electrons. The summed E-state index contributed by atoms with van der Waals surface area (Å²) in [4.78, 5) is 15.4. The van der Waals surface area contributed by atoms with Crippen molar-refractivity contribution in [1.82, 2.24) is 9.55 Å². The Hall–Kier alpha value is -3.19. The summed E-state index contributed by atoms with van der Waals surface area (Å²) in [6.07, 6.45) is 0. The molecule has 1 N–H and O–H groups in total. The number of hydrogen-bond donors (Lipinski definition) is 1. The zero-order valence-electron chi connectivity index (χ0n) is 14.3. The predicted molar refractivity (Wildman–Crippen MR) is 102 cm³/mol. The van der Waals surface area contributed by atoms with E-state index < -0.39 is 11.8 Å². The standard InChI is InChI=1S/C20H15FN2O3S/c1-26-19-8-13-7-17(12-5-6-27-11-12)23(18(13)9-15(19)21)10-14-3-2-4-16(22-14)20(24)25/h2-9,11H,10H2,1H3,(H,24,25). The Bertz CT molecular complexity index is 1140. The Labute approximate surface area is 158 Å². The molecule has 5 nitrogen and oxygen atoms in total. The molecule has 0 aliphatic carbocycles. The number of thiophene rings is 1. The van der Waals surface area contributed by atoms with Gasteiger partial charge >= 0.3 is 5.97 Å². The van der Waals surface area contributed by atoms with E-state index in [1.807, 2.05) is 27.5 Å². The maximum Gasteiger partial charge on any atom is 0.354 e. The number of fused-ring (bicyclic) bond motifs is 1. The molecule has 7 heteroatoms. The van der Waals surface area contributed by atoms with E-state index in [1.54, 1.807) is 29.5 Å². The lowest BCUT2D eigenvalue weighted by atomic mass is 10.2. The van der Waals surface area contributed by atoms with Crippen LogP contribution in [0.4, 0.5) is 4.39 Å². The van der Waals surface area contributed by atoms with Crippen molar-refractivity contribution < 1.29 is 19.0 Å². The second kappa shape index (κ2) is 6.85. The normalized spacial score (nSPS) is 11.0. The van der Waals surface area contributed by atoms with Gasteiger partial charge in [-0.2, -0.15) is 11.3 Å². The Morgan fingerprint density at radius 3 is 2.85 bits per heavy atom. The lowest BCUT2D eigenvalue weighted by Gasteiger charge is -2.11. The molecule has 0 saturated carbocycles. The second-order valence-electron chi connectivity index (χ2n) is 5.99. The summed E-state index contributed by atoms with van der Waals surface area (Å²) in [7, 11) is 1.43. The third kappa shape index (κ3) is 3.17. The lowest BCUT2D eigenvalue weighted by Crippen LogP contribution is -2.07. The van der Waals surface area contributed by atoms with Gasteiger partial charge in [0, 0.05) is 22.4 Å². The van der Waals surface area contributed by atoms with Gasteiger partial charge in [0.05, 0.1) is 30.6 Å². The molecule has 0 aliphatic rings. The molecular weight excluding hydrogens is 367 g/mol. The smallest absolute Gasteiger partial charge is 0.354 e. The quantitative estimate of drug-likeness (QED) is 0.545. The molecule has 0 saturated heterocycles. The van der Waals surface area contributed by atoms with Crippen LogP contribution < -0.4 is 4.74 Å². The molecule has 4 rings (SSSR count). The number of hydrogen-bond acceptors (Lipinski definition) is 4. The molecule has 0 amide bonds. The van der Waals surface area contributed by atoms with Gasteiger partial charge in [-0.15, -0.1) is 0 Å². The summed E-state index contributed by atoms with van der Waals surface area (Å²) in [5, 5.41) is 14.0. The highest BCUT2D eigenvalue weighted by molar-refractivity contribution is 7.08. The highest BCUT2D eigenvalue weighted by Crippen LogP contribution is 2.33. The minimum Gasteiger partial charge on any atom is -0.494 e. The first-order valence-corrected chi connectivity index (χ1v) is 9.09. The largest absolute Gasteiger partial charge is 0.494 e. The van der Waals surface area contributed by atoms with E-state index in [1.165, 1.54) is 19.2 Å². The summed E-state index contributed by atoms with van der Waals surface area (Å²) in [5.74, 6) is -1.35. The third-order valence-corrected chi connectivity index (χ3v) is 5.02. The summed E-state index contributed by atoms with van der Waals surface area (Å²) in [6, 6.07) is 11.9. The van der Waals surface area contributed by atoms with Crippen molar-refractivity contribution >= 4 is 28.2 Å². The van der Waals surface area contributed by atoms with E-state index in [0.29, 0.717) is 17.8 Å². The highest BCUT2D eigenvalue weighted by Gasteiger charge is 2.16. The maximum absolute atomic E-state index is 14.3. The van der Waals surface area contributed by atoms with Crippen LogP contribution in [0, 0.1) is 5.82 Å². The first kappa shape index (κ1) is 17.2. The van der Waals surface area contributed by atoms with Crippen LogP contribution in [0.5, 0.6) is 5.75 Å². The van der Waals surface area contributed by atoms with Crippen molar-refractivity contribution in [1.29, 1.82) is 0 Å². The number of aromatic nitrogens is 2. The van der Waals surface area contributed by atoms with Crippen LogP contribution in [-0.4, -0.2) is 27.7 Å². The number of rotatable bonds is 5. The van der Waals surface area contributed by atoms with Crippen molar-refractivity contribution in [2.45, 2.75) is 6.54 Å². The van der Waals surface area contributed by atoms with Crippen LogP contribution in [0.15, 0.2) is 53.2 Å². The van der Waals surface area contributed by atoms with Gasteiger partial charge in [-0.1, -0.05) is 6.07 Å². The topological polar surface area (TPSA) is 64.3 Å². The molecule has 0 atom stereocenters. The predicted octanol–water partition coefficient (Wildman–Crippen LogP) is 4.66. The van der Waals surface area contributed by atoms with Gasteiger partial charge in [-0.05, 0) is 35.7 Å². The average Bonchev–Trinajstić information content (AvgIpc) is 3.30. The van der Waals surface area contributed by atoms with E-state index in [0.717, 1.165) is 16.6 Å². The molecule has 0 spiro atoms. The number of carbonyl (C=O) groups is 1. The number of carboxylic acid groups (broad SMARTS) is 1. The van der Waals surface area contributed by atoms with Gasteiger partial charge in [-0.25, -0.2) is 14.2 Å². The molecule has 0 unspecified atom stereocenters. The van der Waals surface area contributed by atoms with Gasteiger partial charge in [0.1, 0.15) is 5.69 Å². The van der Waals surface area contributed by atoms with Gasteiger partial charge in [0.2, 0.25) is 0 Å². The van der Waals surface area contributed by atoms with Crippen LogP contribution in [0.3, 0.4) is 0 Å². The molecule has 0 aliphatic heterocycles. The number of methoxy groups -OCH3 is 1. The molecule has 4 aromatic rings. The van der Waals surface area contributed by atoms with Crippen LogP contribution >= 0.6 is 11.3 Å². The average molecular weight is 382 g/mol. The Kier molecular flexibility index (Phi) is 4.37. The van der Waals surface area contributed by atoms with Crippen molar-refractivity contribution in [2.24, 2.45) is 0 Å². The SMILES string of the molecule is COc1cc2cc(-c3ccsc3)n(Cc3cccc(C(=O)O)n3)c2cc1F. The first-order valence-electron chi connectivity index (χ1n) is 8.15. The van der Waals surface area contributed by atoms with E-state index in [9.17, 15) is 14.3 Å². The zero-order chi connectivity index (χ0) is 19.0. The Morgan fingerprint density at radius 2 is 2.15 bits per heavy atom. The molecule has 27 heavy (non-hydrogen) atoms. The van der Waals surface area contributed by atoms with E-state index >= 15 is 0 Å². The highest BCUT2D eigenvalue weighted by atomic mass is 32.1. The van der Waals surface area contributed by atoms with Gasteiger partial charge < -0.3 is 14.4 Å². The second-order valence-corrected chi connectivity index (χ2v) is 6.77. The molecular formula is C20H15FN2O3S. The maximum atomic E-state index is 14.3. The summed E-state index contributed by atoms with van der Waals surface area (Å²) in [5.41, 5.74) is 3.16. The number of pyridine rings is 1. The van der Waals surface area contributed by atoms with E-state index in [-0.39, 0.29) is 11.4 Å². The fraction of sp³-hybridized carbons (Fsp3) is 0.100. The molecule has 0 radical (unpaired) electrons. The van der Waals surface area contributed by atoms with Gasteiger partial charge in [0.15, 0.2) is 11.6 Å². The van der Waals surface area contributed by atoms with E-state index in [4.69, 9.17) is 4.74 Å². The Morgan fingerprint density at radius 1 is 1.30 bits per heavy atom. The minimum atomic E-state index is -1.08. The summed E-state index contributed by atoms with van der Waals surface area (Å²) >= 11 is 1.57. The fourth-order valence-corrected chi connectivity index (χ4v) is 3.74. The van der Waals surface area contributed by atoms with Gasteiger partial charge in [0.25, 0.3) is 0 Å².